The molecule has 1 aliphatic rings. The predicted molar refractivity (Wildman–Crippen MR) is 83.6 cm³/mol. The second-order valence-electron chi connectivity index (χ2n) is 5.86. The van der Waals surface area contributed by atoms with Crippen LogP contribution in [0.3, 0.4) is 0 Å². The van der Waals surface area contributed by atoms with Gasteiger partial charge in [-0.05, 0) is 30.4 Å². The third kappa shape index (κ3) is 4.19. The van der Waals surface area contributed by atoms with Gasteiger partial charge in [-0.3, -0.25) is 4.79 Å². The van der Waals surface area contributed by atoms with Gasteiger partial charge >= 0.3 is 5.97 Å². The summed E-state index contributed by atoms with van der Waals surface area (Å²) in [7, 11) is 0. The minimum absolute atomic E-state index is 0.0719. The van der Waals surface area contributed by atoms with Gasteiger partial charge in [-0.1, -0.05) is 38.3 Å². The predicted octanol–water partition coefficient (Wildman–Crippen LogP) is 2.83. The molecule has 1 amide bonds. The van der Waals surface area contributed by atoms with Crippen LogP contribution < -0.4 is 5.32 Å². The van der Waals surface area contributed by atoms with E-state index < -0.39 is 5.97 Å². The lowest BCUT2D eigenvalue weighted by molar-refractivity contribution is -0.125. The van der Waals surface area contributed by atoms with Gasteiger partial charge in [-0.2, -0.15) is 0 Å². The van der Waals surface area contributed by atoms with Crippen molar-refractivity contribution in [3.63, 3.8) is 0 Å². The van der Waals surface area contributed by atoms with E-state index in [1.807, 2.05) is 0 Å². The number of hydrogen-bond acceptors (Lipinski definition) is 4. The summed E-state index contributed by atoms with van der Waals surface area (Å²) >= 11 is 5.81. The molecule has 120 valence electrons. The van der Waals surface area contributed by atoms with E-state index in [0.29, 0.717) is 11.8 Å². The Bertz CT molecular complexity index is 550. The van der Waals surface area contributed by atoms with Crippen LogP contribution in [0.1, 0.15) is 43.5 Å². The highest BCUT2D eigenvalue weighted by Crippen LogP contribution is 2.29. The van der Waals surface area contributed by atoms with Gasteiger partial charge in [0.1, 0.15) is 5.15 Å². The smallest absolute Gasteiger partial charge is 0.341 e. The van der Waals surface area contributed by atoms with Crippen LogP contribution in [-0.4, -0.2) is 29.5 Å². The van der Waals surface area contributed by atoms with Crippen molar-refractivity contribution >= 4 is 23.5 Å². The first kappa shape index (κ1) is 16.7. The van der Waals surface area contributed by atoms with Gasteiger partial charge in [0.15, 0.2) is 6.61 Å². The third-order valence-electron chi connectivity index (χ3n) is 4.37. The lowest BCUT2D eigenvalue weighted by Crippen LogP contribution is -2.45. The highest BCUT2D eigenvalue weighted by molar-refractivity contribution is 6.32. The fourth-order valence-electron chi connectivity index (χ4n) is 2.78. The highest BCUT2D eigenvalue weighted by Gasteiger charge is 2.28. The summed E-state index contributed by atoms with van der Waals surface area (Å²) < 4.78 is 5.00. The molecule has 0 aliphatic heterocycles. The molecule has 1 N–H and O–H groups in total. The molecule has 2 rings (SSSR count). The van der Waals surface area contributed by atoms with Crippen LogP contribution in [0, 0.1) is 11.8 Å². The molecule has 0 radical (unpaired) electrons. The fraction of sp³-hybridized carbons (Fsp3) is 0.562. The molecule has 1 fully saturated rings. The topological polar surface area (TPSA) is 68.3 Å². The van der Waals surface area contributed by atoms with Crippen molar-refractivity contribution in [3.05, 3.63) is 29.0 Å². The Morgan fingerprint density at radius 1 is 1.41 bits per heavy atom. The molecule has 5 nitrogen and oxygen atoms in total. The number of halogens is 1. The summed E-state index contributed by atoms with van der Waals surface area (Å²) in [6.45, 7) is 4.05. The number of nitrogens with one attached hydrogen (secondary N) is 1. The van der Waals surface area contributed by atoms with Crippen molar-refractivity contribution in [2.75, 3.05) is 6.61 Å². The van der Waals surface area contributed by atoms with E-state index in [4.69, 9.17) is 16.3 Å². The molecule has 0 unspecified atom stereocenters. The lowest BCUT2D eigenvalue weighted by atomic mass is 9.78. The van der Waals surface area contributed by atoms with E-state index in [2.05, 4.69) is 24.1 Å². The maximum atomic E-state index is 11.9. The molecule has 0 saturated heterocycles. The molecule has 0 spiro atoms. The van der Waals surface area contributed by atoms with E-state index in [9.17, 15) is 9.59 Å². The van der Waals surface area contributed by atoms with Gasteiger partial charge < -0.3 is 10.1 Å². The number of carbonyl (C=O) groups is 2. The van der Waals surface area contributed by atoms with Crippen LogP contribution in [0.25, 0.3) is 0 Å². The van der Waals surface area contributed by atoms with Crippen molar-refractivity contribution < 1.29 is 14.3 Å². The Labute approximate surface area is 135 Å². The lowest BCUT2D eigenvalue weighted by Gasteiger charge is -2.34. The number of ether oxygens (including phenoxy) is 1. The molecule has 6 heteroatoms. The van der Waals surface area contributed by atoms with Crippen LogP contribution >= 0.6 is 11.6 Å². The van der Waals surface area contributed by atoms with Crippen molar-refractivity contribution in [1.29, 1.82) is 0 Å². The number of amides is 1. The Morgan fingerprint density at radius 2 is 2.18 bits per heavy atom. The zero-order chi connectivity index (χ0) is 16.1. The Kier molecular flexibility index (Phi) is 5.77. The zero-order valence-electron chi connectivity index (χ0n) is 12.8. The average molecular weight is 325 g/mol. The molecule has 0 aromatic carbocycles. The number of carbonyl (C=O) groups excluding carboxylic acids is 2. The number of nitrogens with zero attached hydrogens (tertiary/aromatic N) is 1. The average Bonchev–Trinajstić information content (AvgIpc) is 2.50. The Hall–Kier alpha value is -1.62. The normalized spacial score (nSPS) is 24.6. The number of aromatic nitrogens is 1. The van der Waals surface area contributed by atoms with E-state index in [1.165, 1.54) is 18.7 Å². The van der Waals surface area contributed by atoms with Gasteiger partial charge in [-0.15, -0.1) is 0 Å². The molecule has 3 atom stereocenters. The molecule has 0 bridgehead atoms. The molecular weight excluding hydrogens is 304 g/mol. The maximum absolute atomic E-state index is 11.9. The summed E-state index contributed by atoms with van der Waals surface area (Å²) in [5.74, 6) is 0.106. The van der Waals surface area contributed by atoms with Gasteiger partial charge in [0.2, 0.25) is 0 Å². The summed E-state index contributed by atoms with van der Waals surface area (Å²) in [6.07, 6.45) is 4.76. The van der Waals surface area contributed by atoms with Gasteiger partial charge in [-0.25, -0.2) is 9.78 Å². The van der Waals surface area contributed by atoms with E-state index >= 15 is 0 Å². The third-order valence-corrected chi connectivity index (χ3v) is 4.67. The molecule has 1 aromatic rings. The first-order valence-corrected chi connectivity index (χ1v) is 7.94. The Balaban J connectivity index is 1.83. The van der Waals surface area contributed by atoms with Crippen molar-refractivity contribution in [1.82, 2.24) is 10.3 Å². The minimum Gasteiger partial charge on any atom is -0.452 e. The first-order valence-electron chi connectivity index (χ1n) is 7.56. The fourth-order valence-corrected chi connectivity index (χ4v) is 2.98. The zero-order valence-corrected chi connectivity index (χ0v) is 13.6. The largest absolute Gasteiger partial charge is 0.452 e. The van der Waals surface area contributed by atoms with E-state index in [1.54, 1.807) is 6.07 Å². The molecule has 1 heterocycles. The number of rotatable bonds is 4. The maximum Gasteiger partial charge on any atom is 0.341 e. The van der Waals surface area contributed by atoms with Crippen LogP contribution in [0.2, 0.25) is 5.15 Å². The van der Waals surface area contributed by atoms with Gasteiger partial charge in [0.05, 0.1) is 5.56 Å². The second-order valence-corrected chi connectivity index (χ2v) is 6.22. The number of hydrogen-bond donors (Lipinski definition) is 1. The summed E-state index contributed by atoms with van der Waals surface area (Å²) in [5, 5.41) is 3.03. The first-order chi connectivity index (χ1) is 10.5. The molecule has 1 aliphatic carbocycles. The molecule has 1 aromatic heterocycles. The summed E-state index contributed by atoms with van der Waals surface area (Å²) in [4.78, 5) is 27.6. The van der Waals surface area contributed by atoms with Gasteiger partial charge in [0, 0.05) is 12.2 Å². The van der Waals surface area contributed by atoms with Crippen molar-refractivity contribution in [2.45, 2.75) is 39.2 Å². The molecule has 1 saturated carbocycles. The van der Waals surface area contributed by atoms with E-state index in [0.717, 1.165) is 12.8 Å². The summed E-state index contributed by atoms with van der Waals surface area (Å²) in [6, 6.07) is 3.26. The van der Waals surface area contributed by atoms with E-state index in [-0.39, 0.29) is 29.3 Å². The number of pyridine rings is 1. The monoisotopic (exact) mass is 324 g/mol. The number of esters is 1. The van der Waals surface area contributed by atoms with Crippen LogP contribution in [0.5, 0.6) is 0 Å². The molecular formula is C16H21ClN2O3. The highest BCUT2D eigenvalue weighted by atomic mass is 35.5. The second kappa shape index (κ2) is 7.58. The van der Waals surface area contributed by atoms with Gasteiger partial charge in [0.25, 0.3) is 5.91 Å². The molecule has 22 heavy (non-hydrogen) atoms. The quantitative estimate of drug-likeness (QED) is 0.683. The van der Waals surface area contributed by atoms with Crippen molar-refractivity contribution in [3.8, 4) is 0 Å². The van der Waals surface area contributed by atoms with Crippen LogP contribution in [0.15, 0.2) is 18.3 Å². The standard InChI is InChI=1S/C16H21ClN2O3/c1-10-5-3-7-13(11(10)2)19-14(20)9-22-16(21)12-6-4-8-18-15(12)17/h4,6,8,10-11,13H,3,5,7,9H2,1-2H3,(H,19,20)/t10-,11+,13+/m0/s1. The van der Waals surface area contributed by atoms with Crippen LogP contribution in [0.4, 0.5) is 0 Å². The Morgan fingerprint density at radius 3 is 2.91 bits per heavy atom. The SMILES string of the molecule is C[C@@H]1[C@@H](C)CCC[C@H]1NC(=O)COC(=O)c1cccnc1Cl. The van der Waals surface area contributed by atoms with Crippen LogP contribution in [-0.2, 0) is 9.53 Å². The summed E-state index contributed by atoms with van der Waals surface area (Å²) in [5.41, 5.74) is 0.164. The minimum atomic E-state index is -0.640. The van der Waals surface area contributed by atoms with Crippen molar-refractivity contribution in [2.24, 2.45) is 11.8 Å².